The molecule has 1 aromatic carbocycles. The van der Waals surface area contributed by atoms with Crippen molar-refractivity contribution in [3.63, 3.8) is 0 Å². The van der Waals surface area contributed by atoms with Crippen molar-refractivity contribution in [1.29, 1.82) is 5.26 Å². The van der Waals surface area contributed by atoms with Gasteiger partial charge in [-0.3, -0.25) is 4.68 Å². The van der Waals surface area contributed by atoms with Gasteiger partial charge in [0.15, 0.2) is 0 Å². The second-order valence-corrected chi connectivity index (χ2v) is 7.91. The lowest BCUT2D eigenvalue weighted by atomic mass is 10.0. The van der Waals surface area contributed by atoms with Gasteiger partial charge in [0.25, 0.3) is 0 Å². The van der Waals surface area contributed by atoms with Crippen LogP contribution in [-0.4, -0.2) is 35.4 Å². The lowest BCUT2D eigenvalue weighted by Crippen LogP contribution is -2.25. The van der Waals surface area contributed by atoms with Crippen LogP contribution in [0.3, 0.4) is 0 Å². The van der Waals surface area contributed by atoms with Gasteiger partial charge < -0.3 is 0 Å². The molecule has 7 nitrogen and oxygen atoms in total. The Morgan fingerprint density at radius 2 is 2.00 bits per heavy atom. The van der Waals surface area contributed by atoms with Crippen molar-refractivity contribution in [2.45, 2.75) is 37.9 Å². The Bertz CT molecular complexity index is 1270. The first-order valence-electron chi connectivity index (χ1n) is 9.97. The van der Waals surface area contributed by atoms with Crippen LogP contribution in [0.4, 0.5) is 4.39 Å². The smallest absolute Gasteiger partial charge is 0.141 e. The molecule has 150 valence electrons. The maximum Gasteiger partial charge on any atom is 0.141 e. The van der Waals surface area contributed by atoms with Crippen LogP contribution in [0.15, 0.2) is 42.7 Å². The summed E-state index contributed by atoms with van der Waals surface area (Å²) in [6.07, 6.45) is 6.62. The number of benzene rings is 1. The van der Waals surface area contributed by atoms with E-state index in [0.717, 1.165) is 40.6 Å². The summed E-state index contributed by atoms with van der Waals surface area (Å²) in [4.78, 5) is 4.55. The summed E-state index contributed by atoms with van der Waals surface area (Å²) >= 11 is 0. The zero-order valence-corrected chi connectivity index (χ0v) is 16.6. The van der Waals surface area contributed by atoms with E-state index in [9.17, 15) is 9.65 Å². The summed E-state index contributed by atoms with van der Waals surface area (Å²) in [5, 5.41) is 22.0. The first kappa shape index (κ1) is 18.4. The fourth-order valence-corrected chi connectivity index (χ4v) is 4.21. The molecular weight excluding hydrogens is 381 g/mol. The van der Waals surface area contributed by atoms with Gasteiger partial charge in [-0.25, -0.2) is 14.1 Å². The standard InChI is InChI=1S/C22H20FN7/c1-29-20-7-4-15(10-19(20)27-28-29)21-18(6-5-17(11-24)26-21)16-12-25-30(13-16)14-22(23)8-2-3-9-22/h4-7,10,12-13H,2-3,8-9,14H2,1H3. The second-order valence-electron chi connectivity index (χ2n) is 7.91. The average molecular weight is 401 g/mol. The highest BCUT2D eigenvalue weighted by Gasteiger charge is 2.34. The Morgan fingerprint density at radius 3 is 2.80 bits per heavy atom. The first-order valence-corrected chi connectivity index (χ1v) is 9.97. The second kappa shape index (κ2) is 7.02. The van der Waals surface area contributed by atoms with Gasteiger partial charge in [0, 0.05) is 29.9 Å². The van der Waals surface area contributed by atoms with Crippen molar-refractivity contribution in [3.05, 3.63) is 48.4 Å². The molecular formula is C22H20FN7. The highest BCUT2D eigenvalue weighted by Crippen LogP contribution is 2.36. The van der Waals surface area contributed by atoms with Gasteiger partial charge in [-0.05, 0) is 37.1 Å². The van der Waals surface area contributed by atoms with E-state index in [-0.39, 0.29) is 6.54 Å². The summed E-state index contributed by atoms with van der Waals surface area (Å²) < 4.78 is 18.3. The number of aromatic nitrogens is 6. The average Bonchev–Trinajstić information content (AvgIpc) is 3.48. The summed E-state index contributed by atoms with van der Waals surface area (Å²) in [6, 6.07) is 11.4. The van der Waals surface area contributed by atoms with Gasteiger partial charge in [0.1, 0.15) is 22.9 Å². The van der Waals surface area contributed by atoms with E-state index >= 15 is 0 Å². The molecule has 1 saturated carbocycles. The molecule has 0 N–H and O–H groups in total. The third-order valence-electron chi connectivity index (χ3n) is 5.78. The quantitative estimate of drug-likeness (QED) is 0.515. The predicted molar refractivity (Wildman–Crippen MR) is 110 cm³/mol. The lowest BCUT2D eigenvalue weighted by molar-refractivity contribution is 0.139. The third-order valence-corrected chi connectivity index (χ3v) is 5.78. The van der Waals surface area contributed by atoms with Crippen LogP contribution in [0.5, 0.6) is 0 Å². The van der Waals surface area contributed by atoms with Crippen molar-refractivity contribution in [1.82, 2.24) is 29.8 Å². The molecule has 1 aliphatic rings. The zero-order valence-electron chi connectivity index (χ0n) is 16.6. The molecule has 30 heavy (non-hydrogen) atoms. The van der Waals surface area contributed by atoms with Crippen molar-refractivity contribution in [3.8, 4) is 28.5 Å². The summed E-state index contributed by atoms with van der Waals surface area (Å²) in [7, 11) is 1.84. The van der Waals surface area contributed by atoms with Crippen LogP contribution >= 0.6 is 0 Å². The molecule has 3 aromatic heterocycles. The number of nitriles is 1. The molecule has 0 radical (unpaired) electrons. The number of hydrogen-bond donors (Lipinski definition) is 0. The highest BCUT2D eigenvalue weighted by atomic mass is 19.1. The Balaban J connectivity index is 1.56. The number of pyridine rings is 1. The minimum absolute atomic E-state index is 0.262. The van der Waals surface area contributed by atoms with E-state index in [1.54, 1.807) is 21.6 Å². The topological polar surface area (TPSA) is 85.2 Å². The Hall–Kier alpha value is -3.60. The molecule has 0 aliphatic heterocycles. The number of hydrogen-bond acceptors (Lipinski definition) is 5. The normalized spacial score (nSPS) is 15.5. The summed E-state index contributed by atoms with van der Waals surface area (Å²) in [5.74, 6) is 0. The molecule has 1 aliphatic carbocycles. The van der Waals surface area contributed by atoms with Gasteiger partial charge in [-0.2, -0.15) is 10.4 Å². The highest BCUT2D eigenvalue weighted by molar-refractivity contribution is 5.86. The van der Waals surface area contributed by atoms with E-state index in [1.165, 1.54) is 0 Å². The number of rotatable bonds is 4. The molecule has 3 heterocycles. The van der Waals surface area contributed by atoms with Gasteiger partial charge >= 0.3 is 0 Å². The molecule has 0 amide bonds. The van der Waals surface area contributed by atoms with Crippen LogP contribution in [0.2, 0.25) is 0 Å². The largest absolute Gasteiger partial charge is 0.269 e. The van der Waals surface area contributed by atoms with Crippen LogP contribution in [0.25, 0.3) is 33.4 Å². The number of aryl methyl sites for hydroxylation is 1. The Morgan fingerprint density at radius 1 is 1.17 bits per heavy atom. The third kappa shape index (κ3) is 3.22. The van der Waals surface area contributed by atoms with Gasteiger partial charge in [-0.15, -0.1) is 5.10 Å². The minimum Gasteiger partial charge on any atom is -0.269 e. The molecule has 5 rings (SSSR count). The number of nitrogens with zero attached hydrogens (tertiary/aromatic N) is 7. The van der Waals surface area contributed by atoms with Crippen LogP contribution in [-0.2, 0) is 13.6 Å². The molecule has 0 atom stereocenters. The van der Waals surface area contributed by atoms with Gasteiger partial charge in [-0.1, -0.05) is 24.1 Å². The maximum absolute atomic E-state index is 14.9. The predicted octanol–water partition coefficient (Wildman–Crippen LogP) is 4.05. The van der Waals surface area contributed by atoms with Crippen LogP contribution in [0, 0.1) is 11.3 Å². The number of alkyl halides is 1. The summed E-state index contributed by atoms with van der Waals surface area (Å²) in [6.45, 7) is 0.262. The van der Waals surface area contributed by atoms with Crippen molar-refractivity contribution >= 4 is 11.0 Å². The van der Waals surface area contributed by atoms with E-state index in [2.05, 4.69) is 26.5 Å². The van der Waals surface area contributed by atoms with E-state index in [4.69, 9.17) is 0 Å². The Kier molecular flexibility index (Phi) is 4.31. The van der Waals surface area contributed by atoms with Gasteiger partial charge in [0.2, 0.25) is 0 Å². The first-order chi connectivity index (χ1) is 14.5. The molecule has 0 saturated heterocycles. The van der Waals surface area contributed by atoms with Gasteiger partial charge in [0.05, 0.1) is 24.0 Å². The van der Waals surface area contributed by atoms with Crippen molar-refractivity contribution in [2.75, 3.05) is 0 Å². The lowest BCUT2D eigenvalue weighted by Gasteiger charge is -2.18. The zero-order chi connectivity index (χ0) is 20.7. The maximum atomic E-state index is 14.9. The fourth-order valence-electron chi connectivity index (χ4n) is 4.21. The minimum atomic E-state index is -1.17. The molecule has 0 spiro atoms. The molecule has 0 unspecified atom stereocenters. The van der Waals surface area contributed by atoms with E-state index in [0.29, 0.717) is 24.2 Å². The Labute approximate surface area is 172 Å². The van der Waals surface area contributed by atoms with E-state index < -0.39 is 5.67 Å². The van der Waals surface area contributed by atoms with Crippen LogP contribution in [0.1, 0.15) is 31.4 Å². The van der Waals surface area contributed by atoms with E-state index in [1.807, 2.05) is 37.5 Å². The molecule has 4 aromatic rings. The monoisotopic (exact) mass is 401 g/mol. The number of halogens is 1. The summed E-state index contributed by atoms with van der Waals surface area (Å²) in [5.41, 5.74) is 3.99. The molecule has 8 heteroatoms. The van der Waals surface area contributed by atoms with Crippen molar-refractivity contribution < 1.29 is 4.39 Å². The molecule has 0 bridgehead atoms. The fraction of sp³-hybridized carbons (Fsp3) is 0.318. The molecule has 1 fully saturated rings. The van der Waals surface area contributed by atoms with Crippen molar-refractivity contribution in [2.24, 2.45) is 7.05 Å². The number of fused-ring (bicyclic) bond motifs is 1. The van der Waals surface area contributed by atoms with Crippen LogP contribution < -0.4 is 0 Å². The SMILES string of the molecule is Cn1nnc2cc(-c3nc(C#N)ccc3-c3cnn(CC4(F)CCCC4)c3)ccc21.